The normalized spacial score (nSPS) is 21.4. The fourth-order valence-electron chi connectivity index (χ4n) is 2.84. The van der Waals surface area contributed by atoms with Crippen molar-refractivity contribution in [3.8, 4) is 0 Å². The van der Waals surface area contributed by atoms with Gasteiger partial charge in [-0.3, -0.25) is 4.90 Å². The Morgan fingerprint density at radius 2 is 2.05 bits per heavy atom. The number of nitrogens with one attached hydrogen (secondary N) is 1. The Labute approximate surface area is 128 Å². The average molecular weight is 310 g/mol. The summed E-state index contributed by atoms with van der Waals surface area (Å²) in [7, 11) is -2.86. The molecule has 1 aromatic carbocycles. The highest BCUT2D eigenvalue weighted by atomic mass is 32.2. The van der Waals surface area contributed by atoms with Crippen LogP contribution in [0.2, 0.25) is 0 Å². The summed E-state index contributed by atoms with van der Waals surface area (Å²) in [4.78, 5) is 2.37. The summed E-state index contributed by atoms with van der Waals surface area (Å²) in [6.45, 7) is 7.34. The second-order valence-corrected chi connectivity index (χ2v) is 7.99. The van der Waals surface area contributed by atoms with Crippen LogP contribution in [0.25, 0.3) is 0 Å². The Balaban J connectivity index is 2.00. The first-order valence-electron chi connectivity index (χ1n) is 7.80. The van der Waals surface area contributed by atoms with Crippen molar-refractivity contribution in [2.45, 2.75) is 39.3 Å². The zero-order chi connectivity index (χ0) is 15.3. The van der Waals surface area contributed by atoms with Crippen LogP contribution in [0.5, 0.6) is 0 Å². The molecular weight excluding hydrogens is 284 g/mol. The van der Waals surface area contributed by atoms with E-state index in [2.05, 4.69) is 36.2 Å². The van der Waals surface area contributed by atoms with Gasteiger partial charge in [0, 0.05) is 18.3 Å². The maximum absolute atomic E-state index is 11.7. The van der Waals surface area contributed by atoms with Crippen LogP contribution in [0, 0.1) is 0 Å². The van der Waals surface area contributed by atoms with Gasteiger partial charge in [0.1, 0.15) is 0 Å². The molecule has 0 saturated carbocycles. The molecule has 1 unspecified atom stereocenters. The number of benzene rings is 1. The maximum atomic E-state index is 11.7. The number of rotatable bonds is 6. The van der Waals surface area contributed by atoms with Gasteiger partial charge in [-0.1, -0.05) is 26.0 Å². The van der Waals surface area contributed by atoms with Crippen LogP contribution >= 0.6 is 0 Å². The van der Waals surface area contributed by atoms with E-state index in [-0.39, 0.29) is 11.8 Å². The summed E-state index contributed by atoms with van der Waals surface area (Å²) in [5, 5.41) is 3.39. The molecule has 0 radical (unpaired) electrons. The lowest BCUT2D eigenvalue weighted by atomic mass is 10.1. The molecule has 118 valence electrons. The largest absolute Gasteiger partial charge is 0.381 e. The van der Waals surface area contributed by atoms with Gasteiger partial charge >= 0.3 is 0 Å². The summed E-state index contributed by atoms with van der Waals surface area (Å²) in [6.07, 6.45) is 1.69. The van der Waals surface area contributed by atoms with E-state index in [4.69, 9.17) is 0 Å². The van der Waals surface area contributed by atoms with Crippen molar-refractivity contribution >= 4 is 15.5 Å². The number of hydrogen-bond acceptors (Lipinski definition) is 4. The van der Waals surface area contributed by atoms with Gasteiger partial charge in [0.15, 0.2) is 9.84 Å². The second-order valence-electron chi connectivity index (χ2n) is 5.76. The Kier molecular flexibility index (Phi) is 5.65. The third kappa shape index (κ3) is 5.00. The van der Waals surface area contributed by atoms with Gasteiger partial charge in [-0.25, -0.2) is 8.42 Å². The van der Waals surface area contributed by atoms with Gasteiger partial charge in [-0.05, 0) is 43.6 Å². The summed E-state index contributed by atoms with van der Waals surface area (Å²) in [6, 6.07) is 8.37. The van der Waals surface area contributed by atoms with Crippen LogP contribution in [-0.4, -0.2) is 44.0 Å². The van der Waals surface area contributed by atoms with Crippen LogP contribution in [0.4, 0.5) is 5.69 Å². The third-order valence-corrected chi connectivity index (χ3v) is 5.88. The summed E-state index contributed by atoms with van der Waals surface area (Å²) < 4.78 is 23.4. The molecular formula is C16H26N2O2S. The summed E-state index contributed by atoms with van der Waals surface area (Å²) in [5.41, 5.74) is 2.30. The topological polar surface area (TPSA) is 49.4 Å². The second kappa shape index (κ2) is 7.27. The minimum absolute atomic E-state index is 0.0486. The van der Waals surface area contributed by atoms with Crippen molar-refractivity contribution in [2.24, 2.45) is 0 Å². The molecule has 0 aliphatic carbocycles. The highest BCUT2D eigenvalue weighted by molar-refractivity contribution is 7.91. The lowest BCUT2D eigenvalue weighted by molar-refractivity contribution is 0.296. The van der Waals surface area contributed by atoms with Crippen molar-refractivity contribution in [1.29, 1.82) is 0 Å². The van der Waals surface area contributed by atoms with E-state index in [1.165, 1.54) is 5.56 Å². The van der Waals surface area contributed by atoms with E-state index in [1.807, 2.05) is 12.1 Å². The first kappa shape index (κ1) is 16.3. The predicted molar refractivity (Wildman–Crippen MR) is 88.4 cm³/mol. The van der Waals surface area contributed by atoms with Gasteiger partial charge in [-0.2, -0.15) is 0 Å². The van der Waals surface area contributed by atoms with E-state index in [1.54, 1.807) is 0 Å². The molecule has 0 bridgehead atoms. The average Bonchev–Trinajstić information content (AvgIpc) is 2.44. The number of nitrogens with zero attached hydrogens (tertiary/aromatic N) is 1. The Morgan fingerprint density at radius 1 is 1.29 bits per heavy atom. The minimum atomic E-state index is -2.86. The highest BCUT2D eigenvalue weighted by Gasteiger charge is 2.24. The van der Waals surface area contributed by atoms with Gasteiger partial charge in [0.05, 0.1) is 11.5 Å². The van der Waals surface area contributed by atoms with Gasteiger partial charge < -0.3 is 5.32 Å². The van der Waals surface area contributed by atoms with E-state index < -0.39 is 9.84 Å². The lowest BCUT2D eigenvalue weighted by Gasteiger charge is -2.24. The number of anilines is 1. The van der Waals surface area contributed by atoms with Crippen LogP contribution in [0.15, 0.2) is 24.3 Å². The monoisotopic (exact) mass is 310 g/mol. The van der Waals surface area contributed by atoms with E-state index >= 15 is 0 Å². The van der Waals surface area contributed by atoms with E-state index in [9.17, 15) is 8.42 Å². The van der Waals surface area contributed by atoms with Crippen LogP contribution in [0.1, 0.15) is 32.3 Å². The van der Waals surface area contributed by atoms with Gasteiger partial charge in [0.25, 0.3) is 0 Å². The van der Waals surface area contributed by atoms with Crippen LogP contribution in [0.3, 0.4) is 0 Å². The van der Waals surface area contributed by atoms with Gasteiger partial charge in [-0.15, -0.1) is 0 Å². The predicted octanol–water partition coefficient (Wildman–Crippen LogP) is 2.52. The highest BCUT2D eigenvalue weighted by Crippen LogP contribution is 2.19. The fourth-order valence-corrected chi connectivity index (χ4v) is 4.47. The van der Waals surface area contributed by atoms with Crippen LogP contribution < -0.4 is 5.32 Å². The fraction of sp³-hybridized carbons (Fsp3) is 0.625. The van der Waals surface area contributed by atoms with Crippen molar-refractivity contribution in [1.82, 2.24) is 4.90 Å². The molecule has 1 fully saturated rings. The van der Waals surface area contributed by atoms with Crippen molar-refractivity contribution in [2.75, 3.05) is 29.9 Å². The molecule has 4 nitrogen and oxygen atoms in total. The molecule has 1 aliphatic heterocycles. The van der Waals surface area contributed by atoms with E-state index in [0.717, 1.165) is 38.2 Å². The quantitative estimate of drug-likeness (QED) is 0.877. The van der Waals surface area contributed by atoms with E-state index in [0.29, 0.717) is 5.75 Å². The first-order valence-corrected chi connectivity index (χ1v) is 9.63. The van der Waals surface area contributed by atoms with Crippen LogP contribution in [-0.2, 0) is 16.4 Å². The first-order chi connectivity index (χ1) is 10.0. The maximum Gasteiger partial charge on any atom is 0.152 e. The Bertz CT molecular complexity index is 553. The van der Waals surface area contributed by atoms with Gasteiger partial charge in [0.2, 0.25) is 0 Å². The number of sulfone groups is 1. The molecule has 2 rings (SSSR count). The Morgan fingerprint density at radius 3 is 2.71 bits per heavy atom. The Hall–Kier alpha value is -1.07. The molecule has 1 aliphatic rings. The molecule has 0 aromatic heterocycles. The zero-order valence-electron chi connectivity index (χ0n) is 13.0. The molecule has 1 heterocycles. The smallest absolute Gasteiger partial charge is 0.152 e. The molecule has 0 amide bonds. The zero-order valence-corrected chi connectivity index (χ0v) is 13.8. The van der Waals surface area contributed by atoms with Crippen molar-refractivity contribution in [3.05, 3.63) is 29.8 Å². The summed E-state index contributed by atoms with van der Waals surface area (Å²) >= 11 is 0. The molecule has 1 N–H and O–H groups in total. The lowest BCUT2D eigenvalue weighted by Crippen LogP contribution is -2.34. The molecule has 1 aromatic rings. The molecule has 5 heteroatoms. The summed E-state index contributed by atoms with van der Waals surface area (Å²) in [5.74, 6) is 0.598. The van der Waals surface area contributed by atoms with Crippen molar-refractivity contribution < 1.29 is 8.42 Å². The SMILES string of the molecule is CCN(CC)Cc1cccc(NC2CCCS(=O)(=O)C2)c1. The molecule has 1 saturated heterocycles. The molecule has 21 heavy (non-hydrogen) atoms. The molecule has 0 spiro atoms. The van der Waals surface area contributed by atoms with Crippen molar-refractivity contribution in [3.63, 3.8) is 0 Å². The minimum Gasteiger partial charge on any atom is -0.381 e. The molecule has 1 atom stereocenters. The third-order valence-electron chi connectivity index (χ3n) is 4.06. The standard InChI is InChI=1S/C16H26N2O2S/c1-3-18(4-2)12-14-7-5-8-15(11-14)17-16-9-6-10-21(19,20)13-16/h5,7-8,11,16-17H,3-4,6,9-10,12-13H2,1-2H3. The number of hydrogen-bond donors (Lipinski definition) is 1.